The summed E-state index contributed by atoms with van der Waals surface area (Å²) in [7, 11) is 0. The average molecular weight is 435 g/mol. The van der Waals surface area contributed by atoms with Gasteiger partial charge in [-0.1, -0.05) is 39.3 Å². The van der Waals surface area contributed by atoms with Crippen LogP contribution < -0.4 is 0 Å². The number of aliphatic hydroxyl groups excluding tert-OH is 2. The summed E-state index contributed by atoms with van der Waals surface area (Å²) in [5.41, 5.74) is -4.31. The first-order valence-electron chi connectivity index (χ1n) is 10.9. The van der Waals surface area contributed by atoms with Gasteiger partial charge in [0.15, 0.2) is 11.6 Å². The second kappa shape index (κ2) is 6.82. The molecule has 0 spiro atoms. The van der Waals surface area contributed by atoms with Gasteiger partial charge in [0, 0.05) is 23.2 Å². The summed E-state index contributed by atoms with van der Waals surface area (Å²) in [4.78, 5) is 52.0. The molecule has 0 radical (unpaired) electrons. The molecule has 0 saturated heterocycles. The number of hydrogen-bond donors (Lipinski definition) is 3. The van der Waals surface area contributed by atoms with Crippen molar-refractivity contribution >= 4 is 23.3 Å². The van der Waals surface area contributed by atoms with E-state index in [-0.39, 0.29) is 12.2 Å². The molecule has 172 valence electrons. The van der Waals surface area contributed by atoms with Gasteiger partial charge in [0.05, 0.1) is 11.3 Å². The Bertz CT molecular complexity index is 900. The zero-order chi connectivity index (χ0) is 23.9. The van der Waals surface area contributed by atoms with Crippen molar-refractivity contribution in [1.82, 2.24) is 0 Å². The van der Waals surface area contributed by atoms with E-state index < -0.39 is 69.2 Å². The van der Waals surface area contributed by atoms with Crippen LogP contribution in [0.3, 0.4) is 0 Å². The Morgan fingerprint density at radius 3 is 2.16 bits per heavy atom. The number of hydrogen-bond acceptors (Lipinski definition) is 6. The van der Waals surface area contributed by atoms with Crippen molar-refractivity contribution in [3.63, 3.8) is 0 Å². The third-order valence-electron chi connectivity index (χ3n) is 9.09. The number of carboxylic acid groups (broad SMARTS) is 1. The Hall–Kier alpha value is -1.86. The standard InChI is InChI=1S/C24H34O7/c1-11-10-13-22(5)9-8-14(26)21(3,4)16(22)15(27)19(29)24(13,7)17(20(30)31)23(11,6)18(28)12(2)25/h10,12-13,16-17,19,25,29H,8-9H2,1-7H3,(H,30,31)/t12-,13-,16+,17-,19+,22-,23+,24-/m0/s1. The van der Waals surface area contributed by atoms with Crippen LogP contribution in [0.2, 0.25) is 0 Å². The van der Waals surface area contributed by atoms with Crippen molar-refractivity contribution < 1.29 is 34.5 Å². The van der Waals surface area contributed by atoms with Crippen molar-refractivity contribution in [3.05, 3.63) is 11.6 Å². The lowest BCUT2D eigenvalue weighted by molar-refractivity contribution is -0.209. The fourth-order valence-corrected chi connectivity index (χ4v) is 7.46. The number of aliphatic carboxylic acids is 1. The predicted octanol–water partition coefficient (Wildman–Crippen LogP) is 2.18. The number of Topliss-reactive ketones (excluding diaryl/α,β-unsaturated/α-hetero) is 3. The number of carbonyl (C=O) groups is 4. The van der Waals surface area contributed by atoms with Gasteiger partial charge >= 0.3 is 5.97 Å². The topological polar surface area (TPSA) is 129 Å². The molecule has 7 nitrogen and oxygen atoms in total. The molecule has 0 aromatic carbocycles. The number of rotatable bonds is 3. The summed E-state index contributed by atoms with van der Waals surface area (Å²) in [6, 6.07) is 0. The van der Waals surface area contributed by atoms with Crippen molar-refractivity contribution in [3.8, 4) is 0 Å². The van der Waals surface area contributed by atoms with E-state index in [0.29, 0.717) is 12.0 Å². The summed E-state index contributed by atoms with van der Waals surface area (Å²) >= 11 is 0. The third kappa shape index (κ3) is 2.72. The molecule has 0 aliphatic heterocycles. The number of allylic oxidation sites excluding steroid dienone is 2. The van der Waals surface area contributed by atoms with E-state index >= 15 is 0 Å². The number of ketones is 3. The number of carbonyl (C=O) groups excluding carboxylic acids is 3. The van der Waals surface area contributed by atoms with E-state index in [4.69, 9.17) is 0 Å². The summed E-state index contributed by atoms with van der Waals surface area (Å²) < 4.78 is 0. The van der Waals surface area contributed by atoms with Crippen molar-refractivity contribution in [2.24, 2.45) is 39.4 Å². The smallest absolute Gasteiger partial charge is 0.308 e. The Morgan fingerprint density at radius 2 is 1.68 bits per heavy atom. The molecule has 0 amide bonds. The van der Waals surface area contributed by atoms with Crippen LogP contribution in [-0.2, 0) is 19.2 Å². The molecular formula is C24H34O7. The number of aliphatic hydroxyl groups is 2. The van der Waals surface area contributed by atoms with E-state index in [2.05, 4.69) is 0 Å². The first-order chi connectivity index (χ1) is 14.0. The van der Waals surface area contributed by atoms with Gasteiger partial charge in [0.1, 0.15) is 18.0 Å². The van der Waals surface area contributed by atoms with Gasteiger partial charge in [-0.3, -0.25) is 19.2 Å². The molecule has 3 N–H and O–H groups in total. The van der Waals surface area contributed by atoms with Crippen molar-refractivity contribution in [2.45, 2.75) is 73.5 Å². The third-order valence-corrected chi connectivity index (χ3v) is 9.09. The molecule has 3 aliphatic carbocycles. The molecule has 8 atom stereocenters. The first-order valence-corrected chi connectivity index (χ1v) is 10.9. The minimum atomic E-state index is -1.66. The molecule has 0 aromatic rings. The van der Waals surface area contributed by atoms with Crippen molar-refractivity contribution in [1.29, 1.82) is 0 Å². The highest BCUT2D eigenvalue weighted by Crippen LogP contribution is 2.68. The molecule has 0 unspecified atom stereocenters. The molecule has 7 heteroatoms. The van der Waals surface area contributed by atoms with Crippen LogP contribution in [0.1, 0.15) is 61.3 Å². The van der Waals surface area contributed by atoms with Crippen LogP contribution in [-0.4, -0.2) is 50.8 Å². The molecular weight excluding hydrogens is 400 g/mol. The number of carboxylic acids is 1. The lowest BCUT2D eigenvalue weighted by Crippen LogP contribution is -2.72. The van der Waals surface area contributed by atoms with Gasteiger partial charge in [-0.05, 0) is 38.5 Å². The lowest BCUT2D eigenvalue weighted by Gasteiger charge is -2.65. The largest absolute Gasteiger partial charge is 0.481 e. The maximum atomic E-state index is 13.6. The van der Waals surface area contributed by atoms with Crippen LogP contribution in [0.15, 0.2) is 11.6 Å². The molecule has 3 rings (SSSR count). The Kier molecular flexibility index (Phi) is 5.23. The van der Waals surface area contributed by atoms with Crippen LogP contribution in [0, 0.1) is 39.4 Å². The normalized spacial score (nSPS) is 45.3. The van der Waals surface area contributed by atoms with Crippen LogP contribution >= 0.6 is 0 Å². The second-order valence-corrected chi connectivity index (χ2v) is 11.1. The van der Waals surface area contributed by atoms with E-state index in [9.17, 15) is 34.5 Å². The van der Waals surface area contributed by atoms with E-state index in [0.717, 1.165) is 0 Å². The lowest BCUT2D eigenvalue weighted by atomic mass is 9.36. The molecule has 0 bridgehead atoms. The monoisotopic (exact) mass is 434 g/mol. The summed E-state index contributed by atoms with van der Waals surface area (Å²) in [5.74, 6) is -5.25. The van der Waals surface area contributed by atoms with Crippen LogP contribution in [0.4, 0.5) is 0 Å². The van der Waals surface area contributed by atoms with Crippen LogP contribution in [0.25, 0.3) is 0 Å². The van der Waals surface area contributed by atoms with Gasteiger partial charge in [-0.15, -0.1) is 0 Å². The quantitative estimate of drug-likeness (QED) is 0.581. The highest BCUT2D eigenvalue weighted by atomic mass is 16.4. The minimum Gasteiger partial charge on any atom is -0.481 e. The summed E-state index contributed by atoms with van der Waals surface area (Å²) in [5, 5.41) is 31.7. The van der Waals surface area contributed by atoms with Gasteiger partial charge in [0.2, 0.25) is 0 Å². The molecule has 0 heterocycles. The van der Waals surface area contributed by atoms with Gasteiger partial charge in [-0.2, -0.15) is 0 Å². The maximum Gasteiger partial charge on any atom is 0.308 e. The van der Waals surface area contributed by atoms with Crippen molar-refractivity contribution in [2.75, 3.05) is 0 Å². The van der Waals surface area contributed by atoms with E-state index in [1.807, 2.05) is 13.0 Å². The highest BCUT2D eigenvalue weighted by Gasteiger charge is 2.73. The fourth-order valence-electron chi connectivity index (χ4n) is 7.46. The molecule has 2 fully saturated rings. The summed E-state index contributed by atoms with van der Waals surface area (Å²) in [6.45, 7) is 11.4. The Balaban J connectivity index is 2.36. The predicted molar refractivity (Wildman–Crippen MR) is 112 cm³/mol. The fraction of sp³-hybridized carbons (Fsp3) is 0.750. The van der Waals surface area contributed by atoms with E-state index in [1.165, 1.54) is 13.8 Å². The number of fused-ring (bicyclic) bond motifs is 3. The van der Waals surface area contributed by atoms with Gasteiger partial charge in [0.25, 0.3) is 0 Å². The average Bonchev–Trinajstić information content (AvgIpc) is 2.65. The van der Waals surface area contributed by atoms with E-state index in [1.54, 1.807) is 27.7 Å². The molecule has 31 heavy (non-hydrogen) atoms. The first kappa shape index (κ1) is 23.8. The molecule has 3 aliphatic rings. The Labute approximate surface area is 182 Å². The van der Waals surface area contributed by atoms with Gasteiger partial charge in [-0.25, -0.2) is 0 Å². The zero-order valence-electron chi connectivity index (χ0n) is 19.4. The summed E-state index contributed by atoms with van der Waals surface area (Å²) in [6.07, 6.45) is -0.567. The zero-order valence-corrected chi connectivity index (χ0v) is 19.4. The SMILES string of the molecule is CC1=C[C@H]2[C@]3(C)CCC(=O)C(C)(C)[C@H]3C(=O)[C@@H](O)[C@]2(C)[C@@H](C(=O)O)[C@]1(C)C(=O)[C@H](C)O. The molecule has 2 saturated carbocycles. The second-order valence-electron chi connectivity index (χ2n) is 11.1. The minimum absolute atomic E-state index is 0.0421. The maximum absolute atomic E-state index is 13.6. The highest BCUT2D eigenvalue weighted by molar-refractivity contribution is 6.00. The molecule has 0 aromatic heterocycles. The van der Waals surface area contributed by atoms with Crippen LogP contribution in [0.5, 0.6) is 0 Å². The Morgan fingerprint density at radius 1 is 1.13 bits per heavy atom. The van der Waals surface area contributed by atoms with Gasteiger partial charge < -0.3 is 15.3 Å².